The average Bonchev–Trinajstić information content (AvgIpc) is 2.76. The highest BCUT2D eigenvalue weighted by Gasteiger charge is 2.11. The molecule has 0 aliphatic carbocycles. The van der Waals surface area contributed by atoms with Crippen molar-refractivity contribution in [1.29, 1.82) is 0 Å². The first-order valence-electron chi connectivity index (χ1n) is 9.17. The van der Waals surface area contributed by atoms with Crippen molar-refractivity contribution in [2.45, 2.75) is 19.4 Å². The van der Waals surface area contributed by atoms with E-state index in [0.717, 1.165) is 10.8 Å². The van der Waals surface area contributed by atoms with Crippen molar-refractivity contribution in [3.63, 3.8) is 0 Å². The lowest BCUT2D eigenvalue weighted by atomic mass is 10.1. The Morgan fingerprint density at radius 1 is 0.897 bits per heavy atom. The fourth-order valence-electron chi connectivity index (χ4n) is 2.90. The highest BCUT2D eigenvalue weighted by atomic mass is 16.5. The van der Waals surface area contributed by atoms with Crippen LogP contribution in [-0.4, -0.2) is 25.0 Å². The van der Waals surface area contributed by atoms with Crippen LogP contribution in [0.2, 0.25) is 0 Å². The Morgan fingerprint density at radius 2 is 1.66 bits per heavy atom. The zero-order chi connectivity index (χ0) is 20.6. The number of benzene rings is 3. The molecule has 0 unspecified atom stereocenters. The summed E-state index contributed by atoms with van der Waals surface area (Å²) in [4.78, 5) is 35.7. The molecule has 0 saturated carbocycles. The van der Waals surface area contributed by atoms with Crippen molar-refractivity contribution in [3.8, 4) is 0 Å². The van der Waals surface area contributed by atoms with Crippen LogP contribution in [0.4, 0.5) is 5.69 Å². The summed E-state index contributed by atoms with van der Waals surface area (Å²) in [6.45, 7) is 0.0224. The number of hydrogen-bond acceptors (Lipinski definition) is 5. The van der Waals surface area contributed by atoms with Crippen LogP contribution in [0.15, 0.2) is 66.7 Å². The Bertz CT molecular complexity index is 1040. The normalized spacial score (nSPS) is 10.4. The Labute approximate surface area is 168 Å². The van der Waals surface area contributed by atoms with Crippen LogP contribution in [0.1, 0.15) is 28.8 Å². The van der Waals surface area contributed by atoms with Gasteiger partial charge < -0.3 is 14.8 Å². The van der Waals surface area contributed by atoms with E-state index in [2.05, 4.69) is 10.1 Å². The number of anilines is 1. The van der Waals surface area contributed by atoms with Crippen LogP contribution in [0.3, 0.4) is 0 Å². The van der Waals surface area contributed by atoms with Gasteiger partial charge in [-0.25, -0.2) is 4.79 Å². The van der Waals surface area contributed by atoms with E-state index in [0.29, 0.717) is 16.8 Å². The van der Waals surface area contributed by atoms with Gasteiger partial charge in [0.1, 0.15) is 6.61 Å². The monoisotopic (exact) mass is 391 g/mol. The van der Waals surface area contributed by atoms with Crippen LogP contribution in [0.25, 0.3) is 10.8 Å². The quantitative estimate of drug-likeness (QED) is 0.614. The number of amides is 1. The molecule has 3 rings (SSSR count). The van der Waals surface area contributed by atoms with Crippen molar-refractivity contribution in [2.75, 3.05) is 12.4 Å². The minimum atomic E-state index is -0.485. The van der Waals surface area contributed by atoms with Gasteiger partial charge in [0.2, 0.25) is 5.91 Å². The molecule has 3 aromatic rings. The molecule has 0 saturated heterocycles. The predicted molar refractivity (Wildman–Crippen MR) is 109 cm³/mol. The van der Waals surface area contributed by atoms with Gasteiger partial charge in [0.25, 0.3) is 0 Å². The van der Waals surface area contributed by atoms with Gasteiger partial charge in [-0.3, -0.25) is 9.59 Å². The van der Waals surface area contributed by atoms with E-state index in [1.165, 1.54) is 7.11 Å². The van der Waals surface area contributed by atoms with E-state index in [1.807, 2.05) is 42.5 Å². The first kappa shape index (κ1) is 20.1. The number of hydrogen-bond donors (Lipinski definition) is 1. The number of carbonyl (C=O) groups excluding carboxylic acids is 3. The van der Waals surface area contributed by atoms with Crippen molar-refractivity contribution in [1.82, 2.24) is 0 Å². The smallest absolute Gasteiger partial charge is 0.337 e. The van der Waals surface area contributed by atoms with E-state index < -0.39 is 11.9 Å². The molecular weight excluding hydrogens is 370 g/mol. The number of fused-ring (bicyclic) bond motifs is 1. The largest absolute Gasteiger partial charge is 0.465 e. The molecule has 0 fully saturated rings. The summed E-state index contributed by atoms with van der Waals surface area (Å²) in [5, 5.41) is 4.81. The molecule has 0 aliphatic heterocycles. The van der Waals surface area contributed by atoms with E-state index in [4.69, 9.17) is 4.74 Å². The maximum absolute atomic E-state index is 12.2. The number of nitrogens with one attached hydrogen (secondary N) is 1. The SMILES string of the molecule is COC(=O)c1cccc(COC(=O)CCC(=O)Nc2cccc3ccccc23)c1. The molecule has 29 heavy (non-hydrogen) atoms. The molecule has 6 heteroatoms. The number of esters is 2. The number of ether oxygens (including phenoxy) is 2. The van der Waals surface area contributed by atoms with Gasteiger partial charge in [-0.05, 0) is 29.1 Å². The standard InChI is InChI=1S/C23H21NO5/c1-28-23(27)18-9-4-6-16(14-18)15-29-22(26)13-12-21(25)24-20-11-5-8-17-7-2-3-10-19(17)20/h2-11,14H,12-13,15H2,1H3,(H,24,25). The molecule has 1 N–H and O–H groups in total. The summed E-state index contributed by atoms with van der Waals surface area (Å²) in [6, 6.07) is 20.1. The Balaban J connectivity index is 1.49. The zero-order valence-corrected chi connectivity index (χ0v) is 16.0. The van der Waals surface area contributed by atoms with Gasteiger partial charge >= 0.3 is 11.9 Å². The lowest BCUT2D eigenvalue weighted by Gasteiger charge is -2.09. The van der Waals surface area contributed by atoms with Gasteiger partial charge in [-0.15, -0.1) is 0 Å². The number of rotatable bonds is 7. The fourth-order valence-corrected chi connectivity index (χ4v) is 2.90. The Hall–Kier alpha value is -3.67. The lowest BCUT2D eigenvalue weighted by Crippen LogP contribution is -2.14. The van der Waals surface area contributed by atoms with Crippen LogP contribution < -0.4 is 5.32 Å². The predicted octanol–water partition coefficient (Wildman–Crippen LogP) is 4.09. The lowest BCUT2D eigenvalue weighted by molar-refractivity contribution is -0.145. The van der Waals surface area contributed by atoms with Crippen molar-refractivity contribution in [2.24, 2.45) is 0 Å². The van der Waals surface area contributed by atoms with Gasteiger partial charge in [-0.1, -0.05) is 48.5 Å². The summed E-state index contributed by atoms with van der Waals surface area (Å²) < 4.78 is 9.86. The first-order valence-corrected chi connectivity index (χ1v) is 9.17. The summed E-state index contributed by atoms with van der Waals surface area (Å²) in [7, 11) is 1.30. The minimum absolute atomic E-state index is 0.0181. The van der Waals surface area contributed by atoms with E-state index in [1.54, 1.807) is 24.3 Å². The average molecular weight is 391 g/mol. The maximum atomic E-state index is 12.2. The van der Waals surface area contributed by atoms with Gasteiger partial charge in [-0.2, -0.15) is 0 Å². The molecule has 0 bridgehead atoms. The van der Waals surface area contributed by atoms with E-state index in [9.17, 15) is 14.4 Å². The fraction of sp³-hybridized carbons (Fsp3) is 0.174. The van der Waals surface area contributed by atoms with Crippen molar-refractivity contribution < 1.29 is 23.9 Å². The zero-order valence-electron chi connectivity index (χ0n) is 16.0. The molecule has 0 aromatic heterocycles. The molecule has 0 atom stereocenters. The van der Waals surface area contributed by atoms with E-state index >= 15 is 0 Å². The number of methoxy groups -OCH3 is 1. The van der Waals surface area contributed by atoms with Gasteiger partial charge in [0.05, 0.1) is 19.1 Å². The summed E-state index contributed by atoms with van der Waals surface area (Å²) in [5.41, 5.74) is 1.76. The third kappa shape index (κ3) is 5.42. The van der Waals surface area contributed by atoms with Crippen molar-refractivity contribution in [3.05, 3.63) is 77.9 Å². The van der Waals surface area contributed by atoms with Crippen LogP contribution in [0.5, 0.6) is 0 Å². The second-order valence-electron chi connectivity index (χ2n) is 6.43. The molecule has 1 amide bonds. The topological polar surface area (TPSA) is 81.7 Å². The highest BCUT2D eigenvalue weighted by Crippen LogP contribution is 2.23. The van der Waals surface area contributed by atoms with Crippen LogP contribution in [0, 0.1) is 0 Å². The molecule has 6 nitrogen and oxygen atoms in total. The molecule has 148 valence electrons. The molecule has 0 aliphatic rings. The summed E-state index contributed by atoms with van der Waals surface area (Å²) >= 11 is 0. The Kier molecular flexibility index (Phi) is 6.58. The second kappa shape index (κ2) is 9.50. The second-order valence-corrected chi connectivity index (χ2v) is 6.43. The molecule has 3 aromatic carbocycles. The highest BCUT2D eigenvalue weighted by molar-refractivity contribution is 6.02. The third-order valence-corrected chi connectivity index (χ3v) is 4.37. The Morgan fingerprint density at radius 3 is 2.48 bits per heavy atom. The van der Waals surface area contributed by atoms with Gasteiger partial charge in [0.15, 0.2) is 0 Å². The third-order valence-electron chi connectivity index (χ3n) is 4.37. The molecule has 0 radical (unpaired) electrons. The van der Waals surface area contributed by atoms with Crippen LogP contribution in [-0.2, 0) is 25.7 Å². The summed E-state index contributed by atoms with van der Waals surface area (Å²) in [6.07, 6.45) is -0.0163. The molecule has 0 spiro atoms. The number of carbonyl (C=O) groups is 3. The summed E-state index contributed by atoms with van der Waals surface area (Å²) in [5.74, 6) is -1.20. The van der Waals surface area contributed by atoms with Crippen molar-refractivity contribution >= 4 is 34.3 Å². The molecular formula is C23H21NO5. The maximum Gasteiger partial charge on any atom is 0.337 e. The van der Waals surface area contributed by atoms with E-state index in [-0.39, 0.29) is 25.4 Å². The molecule has 0 heterocycles. The van der Waals surface area contributed by atoms with Crippen LogP contribution >= 0.6 is 0 Å². The first-order chi connectivity index (χ1) is 14.1. The van der Waals surface area contributed by atoms with Gasteiger partial charge in [0, 0.05) is 17.5 Å². The minimum Gasteiger partial charge on any atom is -0.465 e.